The van der Waals surface area contributed by atoms with Crippen molar-refractivity contribution >= 4 is 17.7 Å². The summed E-state index contributed by atoms with van der Waals surface area (Å²) in [5.41, 5.74) is 0. The Hall–Kier alpha value is -1.43. The standard InChI is InChI=1S/C21H39NO5/c1-5-6-7-8-9-10-11-12-13-14-18(23)15-21(26)27-19(16-20(24)25)17-22(2,3)4/h19H,5-17H2,1-4H3/p+1. The van der Waals surface area contributed by atoms with Crippen molar-refractivity contribution in [2.75, 3.05) is 27.7 Å². The van der Waals surface area contributed by atoms with E-state index in [4.69, 9.17) is 9.84 Å². The quantitative estimate of drug-likeness (QED) is 0.177. The lowest BCUT2D eigenvalue weighted by Gasteiger charge is -2.28. The molecule has 0 amide bonds. The van der Waals surface area contributed by atoms with E-state index in [1.807, 2.05) is 21.1 Å². The molecule has 0 aliphatic carbocycles. The zero-order valence-electron chi connectivity index (χ0n) is 17.8. The molecular formula is C21H40NO5+. The maximum absolute atomic E-state index is 11.9. The van der Waals surface area contributed by atoms with Crippen LogP contribution in [-0.4, -0.2) is 61.1 Å². The molecule has 0 radical (unpaired) electrons. The Balaban J connectivity index is 3.94. The van der Waals surface area contributed by atoms with Crippen LogP contribution >= 0.6 is 0 Å². The van der Waals surface area contributed by atoms with Crippen molar-refractivity contribution < 1.29 is 28.7 Å². The van der Waals surface area contributed by atoms with Crippen LogP contribution in [0, 0.1) is 0 Å². The Morgan fingerprint density at radius 2 is 1.41 bits per heavy atom. The number of carbonyl (C=O) groups excluding carboxylic acids is 2. The van der Waals surface area contributed by atoms with E-state index in [0.717, 1.165) is 19.3 Å². The predicted octanol–water partition coefficient (Wildman–Crippen LogP) is 3.96. The van der Waals surface area contributed by atoms with Gasteiger partial charge >= 0.3 is 11.9 Å². The van der Waals surface area contributed by atoms with Gasteiger partial charge < -0.3 is 14.3 Å². The summed E-state index contributed by atoms with van der Waals surface area (Å²) in [6.07, 6.45) is 9.78. The van der Waals surface area contributed by atoms with Crippen LogP contribution in [0.4, 0.5) is 0 Å². The summed E-state index contributed by atoms with van der Waals surface area (Å²) in [5.74, 6) is -1.75. The van der Waals surface area contributed by atoms with Gasteiger partial charge in [0.15, 0.2) is 6.10 Å². The SMILES string of the molecule is CCCCCCCCCCCC(=O)CC(=O)OC(CC(=O)O)C[N+](C)(C)C. The molecule has 0 aliphatic rings. The lowest BCUT2D eigenvalue weighted by Crippen LogP contribution is -2.44. The second-order valence-electron chi connectivity index (χ2n) is 8.48. The van der Waals surface area contributed by atoms with Crippen LogP contribution in [0.5, 0.6) is 0 Å². The molecule has 0 spiro atoms. The van der Waals surface area contributed by atoms with E-state index >= 15 is 0 Å². The number of esters is 1. The second kappa shape index (κ2) is 14.6. The number of hydrogen-bond donors (Lipinski definition) is 1. The molecule has 0 heterocycles. The van der Waals surface area contributed by atoms with E-state index in [2.05, 4.69) is 6.92 Å². The molecule has 0 fully saturated rings. The minimum absolute atomic E-state index is 0.123. The zero-order valence-corrected chi connectivity index (χ0v) is 17.8. The van der Waals surface area contributed by atoms with Gasteiger partial charge in [-0.05, 0) is 6.42 Å². The van der Waals surface area contributed by atoms with Gasteiger partial charge in [-0.2, -0.15) is 0 Å². The first-order valence-electron chi connectivity index (χ1n) is 10.4. The minimum Gasteiger partial charge on any atom is -0.481 e. The second-order valence-corrected chi connectivity index (χ2v) is 8.48. The molecule has 0 aromatic carbocycles. The van der Waals surface area contributed by atoms with Crippen LogP contribution in [0.2, 0.25) is 0 Å². The number of unbranched alkanes of at least 4 members (excludes halogenated alkanes) is 8. The molecule has 158 valence electrons. The maximum atomic E-state index is 11.9. The summed E-state index contributed by atoms with van der Waals surface area (Å²) >= 11 is 0. The number of quaternary nitrogens is 1. The van der Waals surface area contributed by atoms with E-state index < -0.39 is 18.0 Å². The molecule has 6 heteroatoms. The lowest BCUT2D eigenvalue weighted by molar-refractivity contribution is -0.873. The summed E-state index contributed by atoms with van der Waals surface area (Å²) < 4.78 is 5.73. The number of aliphatic carboxylic acids is 1. The predicted molar refractivity (Wildman–Crippen MR) is 107 cm³/mol. The van der Waals surface area contributed by atoms with E-state index in [1.165, 1.54) is 38.5 Å². The van der Waals surface area contributed by atoms with Crippen molar-refractivity contribution in [3.8, 4) is 0 Å². The van der Waals surface area contributed by atoms with Gasteiger partial charge in [-0.15, -0.1) is 0 Å². The number of likely N-dealkylation sites (N-methyl/N-ethyl adjacent to an activating group) is 1. The molecule has 1 atom stereocenters. The summed E-state index contributed by atoms with van der Waals surface area (Å²) in [5, 5.41) is 8.96. The fraction of sp³-hybridized carbons (Fsp3) is 0.857. The number of carboxylic acids is 1. The molecule has 0 saturated carbocycles. The smallest absolute Gasteiger partial charge is 0.313 e. The Kier molecular flexibility index (Phi) is 13.8. The average molecular weight is 387 g/mol. The first kappa shape index (κ1) is 25.6. The van der Waals surface area contributed by atoms with Gasteiger partial charge in [0, 0.05) is 6.42 Å². The van der Waals surface area contributed by atoms with Crippen molar-refractivity contribution in [3.63, 3.8) is 0 Å². The monoisotopic (exact) mass is 386 g/mol. The molecular weight excluding hydrogens is 346 g/mol. The first-order chi connectivity index (χ1) is 12.6. The highest BCUT2D eigenvalue weighted by atomic mass is 16.5. The molecule has 27 heavy (non-hydrogen) atoms. The number of ether oxygens (including phenoxy) is 1. The summed E-state index contributed by atoms with van der Waals surface area (Å²) in [6.45, 7) is 2.60. The van der Waals surface area contributed by atoms with Crippen LogP contribution in [0.25, 0.3) is 0 Å². The molecule has 1 N–H and O–H groups in total. The van der Waals surface area contributed by atoms with Gasteiger partial charge in [0.05, 0.1) is 27.6 Å². The topological polar surface area (TPSA) is 80.7 Å². The largest absolute Gasteiger partial charge is 0.481 e. The van der Waals surface area contributed by atoms with Crippen molar-refractivity contribution in [1.29, 1.82) is 0 Å². The Morgan fingerprint density at radius 1 is 0.889 bits per heavy atom. The lowest BCUT2D eigenvalue weighted by atomic mass is 10.0. The molecule has 0 aliphatic heterocycles. The summed E-state index contributed by atoms with van der Waals surface area (Å²) in [7, 11) is 5.70. The third-order valence-corrected chi connectivity index (χ3v) is 4.35. The number of ketones is 1. The Labute approximate surface area is 164 Å². The van der Waals surface area contributed by atoms with Crippen molar-refractivity contribution in [2.45, 2.75) is 90.1 Å². The fourth-order valence-corrected chi connectivity index (χ4v) is 3.06. The van der Waals surface area contributed by atoms with Crippen LogP contribution < -0.4 is 0 Å². The van der Waals surface area contributed by atoms with E-state index in [-0.39, 0.29) is 18.6 Å². The highest BCUT2D eigenvalue weighted by Gasteiger charge is 2.25. The molecule has 0 aromatic rings. The number of carboxylic acid groups (broad SMARTS) is 1. The molecule has 0 bridgehead atoms. The number of Topliss-reactive ketones (excluding diaryl/α,β-unsaturated/α-hetero) is 1. The summed E-state index contributed by atoms with van der Waals surface area (Å²) in [6, 6.07) is 0. The highest BCUT2D eigenvalue weighted by Crippen LogP contribution is 2.12. The van der Waals surface area contributed by atoms with Gasteiger partial charge in [-0.3, -0.25) is 14.4 Å². The van der Waals surface area contributed by atoms with Gasteiger partial charge in [0.1, 0.15) is 18.7 Å². The average Bonchev–Trinajstić information content (AvgIpc) is 2.50. The minimum atomic E-state index is -1.01. The van der Waals surface area contributed by atoms with Gasteiger partial charge in [0.25, 0.3) is 0 Å². The van der Waals surface area contributed by atoms with Crippen molar-refractivity contribution in [2.24, 2.45) is 0 Å². The first-order valence-corrected chi connectivity index (χ1v) is 10.4. The number of hydrogen-bond acceptors (Lipinski definition) is 4. The number of carbonyl (C=O) groups is 3. The van der Waals surface area contributed by atoms with E-state index in [1.54, 1.807) is 0 Å². The van der Waals surface area contributed by atoms with Crippen molar-refractivity contribution in [1.82, 2.24) is 0 Å². The van der Waals surface area contributed by atoms with Crippen LogP contribution in [-0.2, 0) is 19.1 Å². The number of nitrogens with zero attached hydrogens (tertiary/aromatic N) is 1. The maximum Gasteiger partial charge on any atom is 0.313 e. The van der Waals surface area contributed by atoms with Crippen molar-refractivity contribution in [3.05, 3.63) is 0 Å². The zero-order chi connectivity index (χ0) is 20.7. The Morgan fingerprint density at radius 3 is 1.89 bits per heavy atom. The molecule has 0 saturated heterocycles. The third-order valence-electron chi connectivity index (χ3n) is 4.35. The molecule has 1 unspecified atom stereocenters. The summed E-state index contributed by atoms with van der Waals surface area (Å²) in [4.78, 5) is 34.8. The van der Waals surface area contributed by atoms with Crippen LogP contribution in [0.1, 0.15) is 84.0 Å². The molecule has 6 nitrogen and oxygen atoms in total. The van der Waals surface area contributed by atoms with Crippen LogP contribution in [0.3, 0.4) is 0 Å². The third kappa shape index (κ3) is 17.7. The number of rotatable bonds is 17. The highest BCUT2D eigenvalue weighted by molar-refractivity contribution is 5.95. The van der Waals surface area contributed by atoms with Gasteiger partial charge in [0.2, 0.25) is 0 Å². The van der Waals surface area contributed by atoms with Gasteiger partial charge in [-0.25, -0.2) is 0 Å². The normalized spacial score (nSPS) is 12.6. The van der Waals surface area contributed by atoms with E-state index in [9.17, 15) is 14.4 Å². The molecule has 0 rings (SSSR count). The van der Waals surface area contributed by atoms with E-state index in [0.29, 0.717) is 17.4 Å². The van der Waals surface area contributed by atoms with Gasteiger partial charge in [-0.1, -0.05) is 58.3 Å². The van der Waals surface area contributed by atoms with Crippen LogP contribution in [0.15, 0.2) is 0 Å². The fourth-order valence-electron chi connectivity index (χ4n) is 3.06. The molecule has 0 aromatic heterocycles. The Bertz CT molecular complexity index is 442.